The van der Waals surface area contributed by atoms with Gasteiger partial charge in [-0.15, -0.1) is 0 Å². The standard InChI is InChI=1S/C8H10O.C4H9NO/c1-7(9)8-5-3-2-4-6-8;1-3-6-4-2-5-1/h2-7,9H,1H3;5H,1-4H2. The molecule has 1 heterocycles. The van der Waals surface area contributed by atoms with Gasteiger partial charge in [0.05, 0.1) is 19.3 Å². The van der Waals surface area contributed by atoms with Crippen molar-refractivity contribution in [1.82, 2.24) is 5.32 Å². The van der Waals surface area contributed by atoms with Gasteiger partial charge in [-0.3, -0.25) is 0 Å². The van der Waals surface area contributed by atoms with E-state index >= 15 is 0 Å². The number of nitrogens with one attached hydrogen (secondary N) is 1. The summed E-state index contributed by atoms with van der Waals surface area (Å²) >= 11 is 0. The summed E-state index contributed by atoms with van der Waals surface area (Å²) in [4.78, 5) is 0. The second-order valence-electron chi connectivity index (χ2n) is 3.45. The second-order valence-corrected chi connectivity index (χ2v) is 3.45. The topological polar surface area (TPSA) is 41.5 Å². The molecule has 1 atom stereocenters. The third-order valence-corrected chi connectivity index (χ3v) is 2.13. The van der Waals surface area contributed by atoms with E-state index in [4.69, 9.17) is 9.84 Å². The van der Waals surface area contributed by atoms with Gasteiger partial charge in [-0.25, -0.2) is 0 Å². The molecule has 3 heteroatoms. The van der Waals surface area contributed by atoms with Crippen LogP contribution in [-0.2, 0) is 4.74 Å². The maximum Gasteiger partial charge on any atom is 0.0761 e. The Hall–Kier alpha value is -0.900. The van der Waals surface area contributed by atoms with E-state index in [1.165, 1.54) is 0 Å². The van der Waals surface area contributed by atoms with E-state index in [1.54, 1.807) is 6.92 Å². The van der Waals surface area contributed by atoms with Crippen LogP contribution in [0.1, 0.15) is 18.6 Å². The molecule has 0 bridgehead atoms. The maximum absolute atomic E-state index is 9.02. The van der Waals surface area contributed by atoms with Crippen LogP contribution in [0.25, 0.3) is 0 Å². The molecule has 0 aromatic heterocycles. The minimum Gasteiger partial charge on any atom is -0.389 e. The first-order chi connectivity index (χ1) is 7.30. The Labute approximate surface area is 91.1 Å². The summed E-state index contributed by atoms with van der Waals surface area (Å²) < 4.78 is 5.01. The van der Waals surface area contributed by atoms with Crippen LogP contribution in [0.4, 0.5) is 0 Å². The van der Waals surface area contributed by atoms with Crippen molar-refractivity contribution in [3.05, 3.63) is 35.9 Å². The van der Waals surface area contributed by atoms with E-state index in [-0.39, 0.29) is 6.10 Å². The van der Waals surface area contributed by atoms with Crippen molar-refractivity contribution in [3.63, 3.8) is 0 Å². The lowest BCUT2D eigenvalue weighted by Gasteiger charge is -2.10. The molecule has 3 nitrogen and oxygen atoms in total. The van der Waals surface area contributed by atoms with Crippen molar-refractivity contribution in [2.45, 2.75) is 13.0 Å². The fraction of sp³-hybridized carbons (Fsp3) is 0.500. The van der Waals surface area contributed by atoms with Gasteiger partial charge in [0.2, 0.25) is 0 Å². The predicted octanol–water partition coefficient (Wildman–Crippen LogP) is 1.35. The van der Waals surface area contributed by atoms with Crippen LogP contribution >= 0.6 is 0 Å². The highest BCUT2D eigenvalue weighted by Gasteiger charge is 1.95. The summed E-state index contributed by atoms with van der Waals surface area (Å²) in [6.45, 7) is 5.59. The Morgan fingerprint density at radius 2 is 1.80 bits per heavy atom. The van der Waals surface area contributed by atoms with Gasteiger partial charge in [-0.05, 0) is 12.5 Å². The van der Waals surface area contributed by atoms with Gasteiger partial charge < -0.3 is 15.2 Å². The van der Waals surface area contributed by atoms with Crippen LogP contribution in [0.2, 0.25) is 0 Å². The number of ether oxygens (including phenoxy) is 1. The molecule has 15 heavy (non-hydrogen) atoms. The normalized spacial score (nSPS) is 17.5. The lowest BCUT2D eigenvalue weighted by Crippen LogP contribution is -2.30. The molecule has 2 rings (SSSR count). The summed E-state index contributed by atoms with van der Waals surface area (Å²) in [5.74, 6) is 0. The number of morpholine rings is 1. The van der Waals surface area contributed by atoms with E-state index in [2.05, 4.69) is 5.32 Å². The number of aliphatic hydroxyl groups is 1. The zero-order valence-electron chi connectivity index (χ0n) is 9.15. The lowest BCUT2D eigenvalue weighted by atomic mass is 10.1. The smallest absolute Gasteiger partial charge is 0.0761 e. The first kappa shape index (κ1) is 12.2. The molecule has 1 aliphatic heterocycles. The molecule has 0 amide bonds. The molecule has 84 valence electrons. The molecule has 1 aromatic carbocycles. The van der Waals surface area contributed by atoms with Gasteiger partial charge in [-0.1, -0.05) is 30.3 Å². The van der Waals surface area contributed by atoms with Crippen LogP contribution in [-0.4, -0.2) is 31.4 Å². The van der Waals surface area contributed by atoms with Crippen molar-refractivity contribution >= 4 is 0 Å². The maximum atomic E-state index is 9.02. The lowest BCUT2D eigenvalue weighted by molar-refractivity contribution is 0.109. The van der Waals surface area contributed by atoms with E-state index < -0.39 is 0 Å². The van der Waals surface area contributed by atoms with Crippen LogP contribution in [0, 0.1) is 0 Å². The summed E-state index contributed by atoms with van der Waals surface area (Å²) in [5.41, 5.74) is 0.970. The Morgan fingerprint density at radius 1 is 1.20 bits per heavy atom. The fourth-order valence-corrected chi connectivity index (χ4v) is 1.25. The highest BCUT2D eigenvalue weighted by Crippen LogP contribution is 2.09. The Kier molecular flexibility index (Phi) is 6.00. The molecule has 0 spiro atoms. The van der Waals surface area contributed by atoms with Crippen LogP contribution in [0.15, 0.2) is 30.3 Å². The number of aliphatic hydroxyl groups excluding tert-OH is 1. The van der Waals surface area contributed by atoms with Gasteiger partial charge in [0.15, 0.2) is 0 Å². The van der Waals surface area contributed by atoms with Crippen molar-refractivity contribution in [3.8, 4) is 0 Å². The first-order valence-electron chi connectivity index (χ1n) is 5.32. The Balaban J connectivity index is 0.000000162. The summed E-state index contributed by atoms with van der Waals surface area (Å²) in [5, 5.41) is 12.2. The first-order valence-corrected chi connectivity index (χ1v) is 5.32. The second kappa shape index (κ2) is 7.40. The largest absolute Gasteiger partial charge is 0.389 e. The zero-order chi connectivity index (χ0) is 10.9. The molecule has 1 saturated heterocycles. The van der Waals surface area contributed by atoms with E-state index in [0.29, 0.717) is 0 Å². The van der Waals surface area contributed by atoms with Gasteiger partial charge >= 0.3 is 0 Å². The van der Waals surface area contributed by atoms with Crippen LogP contribution in [0.3, 0.4) is 0 Å². The van der Waals surface area contributed by atoms with Crippen molar-refractivity contribution in [2.24, 2.45) is 0 Å². The third-order valence-electron chi connectivity index (χ3n) is 2.13. The molecule has 2 N–H and O–H groups in total. The molecule has 1 fully saturated rings. The number of rotatable bonds is 1. The Bertz CT molecular complexity index is 234. The van der Waals surface area contributed by atoms with E-state index in [1.807, 2.05) is 30.3 Å². The van der Waals surface area contributed by atoms with Gasteiger partial charge in [0.1, 0.15) is 0 Å². The van der Waals surface area contributed by atoms with Gasteiger partial charge in [0.25, 0.3) is 0 Å². The zero-order valence-corrected chi connectivity index (χ0v) is 9.15. The number of hydrogen-bond donors (Lipinski definition) is 2. The molecule has 0 aliphatic carbocycles. The SMILES string of the molecule is C1COCCN1.CC(O)c1ccccc1. The molecule has 1 aliphatic rings. The molecular formula is C12H19NO2. The van der Waals surface area contributed by atoms with Crippen molar-refractivity contribution in [2.75, 3.05) is 26.3 Å². The summed E-state index contributed by atoms with van der Waals surface area (Å²) in [6, 6.07) is 9.59. The highest BCUT2D eigenvalue weighted by atomic mass is 16.5. The predicted molar refractivity (Wildman–Crippen MR) is 60.8 cm³/mol. The monoisotopic (exact) mass is 209 g/mol. The summed E-state index contributed by atoms with van der Waals surface area (Å²) in [6.07, 6.45) is -0.341. The average Bonchev–Trinajstić information content (AvgIpc) is 2.33. The number of hydrogen-bond acceptors (Lipinski definition) is 3. The fourth-order valence-electron chi connectivity index (χ4n) is 1.25. The average molecular weight is 209 g/mol. The summed E-state index contributed by atoms with van der Waals surface area (Å²) in [7, 11) is 0. The highest BCUT2D eigenvalue weighted by molar-refractivity contribution is 5.16. The third kappa shape index (κ3) is 5.52. The van der Waals surface area contributed by atoms with Crippen molar-refractivity contribution in [1.29, 1.82) is 0 Å². The van der Waals surface area contributed by atoms with Gasteiger partial charge in [0, 0.05) is 13.1 Å². The van der Waals surface area contributed by atoms with Crippen LogP contribution < -0.4 is 5.32 Å². The Morgan fingerprint density at radius 3 is 2.07 bits per heavy atom. The molecule has 1 aromatic rings. The quantitative estimate of drug-likeness (QED) is 0.733. The molecule has 0 saturated carbocycles. The van der Waals surface area contributed by atoms with Crippen LogP contribution in [0.5, 0.6) is 0 Å². The minimum atomic E-state index is -0.341. The van der Waals surface area contributed by atoms with E-state index in [9.17, 15) is 0 Å². The minimum absolute atomic E-state index is 0.341. The molecule has 0 radical (unpaired) electrons. The van der Waals surface area contributed by atoms with Gasteiger partial charge in [-0.2, -0.15) is 0 Å². The van der Waals surface area contributed by atoms with E-state index in [0.717, 1.165) is 31.9 Å². The van der Waals surface area contributed by atoms with Crippen molar-refractivity contribution < 1.29 is 9.84 Å². The molecular weight excluding hydrogens is 190 g/mol. The number of benzene rings is 1. The molecule has 1 unspecified atom stereocenters.